The van der Waals surface area contributed by atoms with Crippen LogP contribution in [0.25, 0.3) is 21.3 Å². The number of rotatable bonds is 3. The maximum absolute atomic E-state index is 11.4. The van der Waals surface area contributed by atoms with Crippen molar-refractivity contribution < 1.29 is 9.90 Å². The number of pyridine rings is 2. The summed E-state index contributed by atoms with van der Waals surface area (Å²) in [7, 11) is 0. The molecule has 0 fully saturated rings. The summed E-state index contributed by atoms with van der Waals surface area (Å²) in [5.74, 6) is -0.823. The molecule has 1 N–H and O–H groups in total. The average molecular weight is 324 g/mol. The maximum atomic E-state index is 11.4. The summed E-state index contributed by atoms with van der Waals surface area (Å²) in [6.45, 7) is 1.91. The highest BCUT2D eigenvalue weighted by Gasteiger charge is 2.25. The molecule has 0 saturated carbocycles. The maximum Gasteiger partial charge on any atom is 0.307 e. The Labute approximate surface area is 137 Å². The Bertz CT molecular complexity index is 916. The van der Waals surface area contributed by atoms with Gasteiger partial charge >= 0.3 is 5.97 Å². The predicted molar refractivity (Wildman–Crippen MR) is 91.0 cm³/mol. The van der Waals surface area contributed by atoms with Crippen molar-refractivity contribution in [1.29, 1.82) is 0 Å². The number of carbonyl (C=O) groups is 1. The van der Waals surface area contributed by atoms with Crippen LogP contribution >= 0.6 is 11.3 Å². The molecule has 3 aromatic heterocycles. The van der Waals surface area contributed by atoms with Crippen LogP contribution in [0.3, 0.4) is 0 Å². The van der Waals surface area contributed by atoms with Crippen LogP contribution in [0.1, 0.15) is 28.1 Å². The number of nitrogens with zero attached hydrogens (tertiary/aromatic N) is 2. The van der Waals surface area contributed by atoms with E-state index >= 15 is 0 Å². The first kappa shape index (κ1) is 14.3. The minimum Gasteiger partial charge on any atom is -0.481 e. The predicted octanol–water partition coefficient (Wildman–Crippen LogP) is 3.78. The van der Waals surface area contributed by atoms with E-state index in [2.05, 4.69) is 4.98 Å². The number of hydrogen-bond acceptors (Lipinski definition) is 4. The largest absolute Gasteiger partial charge is 0.481 e. The third-order valence-electron chi connectivity index (χ3n) is 4.46. The van der Waals surface area contributed by atoms with E-state index in [0.29, 0.717) is 0 Å². The average Bonchev–Trinajstić information content (AvgIpc) is 3.09. The highest BCUT2D eigenvalue weighted by Crippen LogP contribution is 2.43. The number of fused-ring (bicyclic) bond motifs is 3. The number of thiophene rings is 1. The molecule has 0 unspecified atom stereocenters. The summed E-state index contributed by atoms with van der Waals surface area (Å²) in [5.41, 5.74) is 5.07. The van der Waals surface area contributed by atoms with Gasteiger partial charge in [0.15, 0.2) is 0 Å². The number of aromatic nitrogens is 2. The van der Waals surface area contributed by atoms with Crippen LogP contribution < -0.4 is 0 Å². The second kappa shape index (κ2) is 5.42. The van der Waals surface area contributed by atoms with E-state index in [0.717, 1.165) is 45.4 Å². The molecule has 4 nitrogen and oxygen atoms in total. The molecule has 0 aliphatic heterocycles. The van der Waals surface area contributed by atoms with Crippen LogP contribution in [0.2, 0.25) is 0 Å². The van der Waals surface area contributed by atoms with Crippen molar-refractivity contribution in [3.63, 3.8) is 0 Å². The number of aryl methyl sites for hydroxylation is 3. The highest BCUT2D eigenvalue weighted by molar-refractivity contribution is 7.19. The fourth-order valence-electron chi connectivity index (χ4n) is 3.48. The molecule has 23 heavy (non-hydrogen) atoms. The van der Waals surface area contributed by atoms with E-state index in [4.69, 9.17) is 4.98 Å². The SMILES string of the molecule is Cc1nc2sc3c(c2c(-c2ccncc2)c1CC(=O)O)CCC3. The number of carboxylic acids is 1. The lowest BCUT2D eigenvalue weighted by Crippen LogP contribution is -2.06. The van der Waals surface area contributed by atoms with Gasteiger partial charge in [-0.25, -0.2) is 4.98 Å². The first-order chi connectivity index (χ1) is 11.1. The molecule has 4 rings (SSSR count). The van der Waals surface area contributed by atoms with Crippen LogP contribution in [0, 0.1) is 6.92 Å². The summed E-state index contributed by atoms with van der Waals surface area (Å²) in [5, 5.41) is 10.5. The Morgan fingerprint density at radius 1 is 1.30 bits per heavy atom. The molecule has 0 aromatic carbocycles. The van der Waals surface area contributed by atoms with Crippen molar-refractivity contribution in [3.05, 3.63) is 46.2 Å². The van der Waals surface area contributed by atoms with Gasteiger partial charge in [0.1, 0.15) is 4.83 Å². The van der Waals surface area contributed by atoms with E-state index in [9.17, 15) is 9.90 Å². The molecule has 0 amide bonds. The third-order valence-corrected chi connectivity index (χ3v) is 5.64. The lowest BCUT2D eigenvalue weighted by molar-refractivity contribution is -0.136. The second-order valence-corrected chi connectivity index (χ2v) is 6.98. The Morgan fingerprint density at radius 2 is 2.09 bits per heavy atom. The normalized spacial score (nSPS) is 13.4. The van der Waals surface area contributed by atoms with Gasteiger partial charge in [-0.15, -0.1) is 11.3 Å². The molecule has 116 valence electrons. The molecule has 0 radical (unpaired) electrons. The van der Waals surface area contributed by atoms with E-state index in [-0.39, 0.29) is 6.42 Å². The molecule has 1 aliphatic rings. The van der Waals surface area contributed by atoms with Gasteiger partial charge in [0, 0.05) is 28.4 Å². The molecule has 3 heterocycles. The van der Waals surface area contributed by atoms with Gasteiger partial charge in [-0.1, -0.05) is 0 Å². The van der Waals surface area contributed by atoms with Crippen molar-refractivity contribution >= 4 is 27.5 Å². The Morgan fingerprint density at radius 3 is 2.83 bits per heavy atom. The van der Waals surface area contributed by atoms with Gasteiger partial charge in [0.25, 0.3) is 0 Å². The summed E-state index contributed by atoms with van der Waals surface area (Å²) in [6, 6.07) is 3.91. The second-order valence-electron chi connectivity index (χ2n) is 5.89. The van der Waals surface area contributed by atoms with Gasteiger partial charge in [0.05, 0.1) is 6.42 Å². The number of hydrogen-bond donors (Lipinski definition) is 1. The van der Waals surface area contributed by atoms with E-state index < -0.39 is 5.97 Å². The zero-order valence-electron chi connectivity index (χ0n) is 12.8. The van der Waals surface area contributed by atoms with Gasteiger partial charge in [-0.05, 0) is 60.6 Å². The minimum absolute atomic E-state index is 0.00293. The Balaban J connectivity index is 2.11. The monoisotopic (exact) mass is 324 g/mol. The van der Waals surface area contributed by atoms with Crippen LogP contribution in [0.4, 0.5) is 0 Å². The lowest BCUT2D eigenvalue weighted by atomic mass is 9.93. The molecule has 0 saturated heterocycles. The molecule has 3 aromatic rings. The quantitative estimate of drug-likeness (QED) is 0.796. The molecule has 0 atom stereocenters. The van der Waals surface area contributed by atoms with Gasteiger partial charge in [-0.3, -0.25) is 9.78 Å². The highest BCUT2D eigenvalue weighted by atomic mass is 32.1. The summed E-state index contributed by atoms with van der Waals surface area (Å²) in [6.07, 6.45) is 6.86. The van der Waals surface area contributed by atoms with E-state index in [1.54, 1.807) is 23.7 Å². The summed E-state index contributed by atoms with van der Waals surface area (Å²) < 4.78 is 0. The van der Waals surface area contributed by atoms with Crippen LogP contribution in [0.5, 0.6) is 0 Å². The topological polar surface area (TPSA) is 63.1 Å². The Hall–Kier alpha value is -2.27. The van der Waals surface area contributed by atoms with Crippen LogP contribution in [0.15, 0.2) is 24.5 Å². The molecule has 1 aliphatic carbocycles. The van der Waals surface area contributed by atoms with Gasteiger partial charge in [0.2, 0.25) is 0 Å². The van der Waals surface area contributed by atoms with Crippen molar-refractivity contribution in [2.24, 2.45) is 0 Å². The Kier molecular flexibility index (Phi) is 3.38. The standard InChI is InChI=1S/C18H16N2O2S/c1-10-13(9-15(21)22)16(11-5-7-19-8-6-11)17-12-3-2-4-14(12)23-18(17)20-10/h5-8H,2-4,9H2,1H3,(H,21,22). The first-order valence-corrected chi connectivity index (χ1v) is 8.52. The fraction of sp³-hybridized carbons (Fsp3) is 0.278. The van der Waals surface area contributed by atoms with Crippen molar-refractivity contribution in [3.8, 4) is 11.1 Å². The summed E-state index contributed by atoms with van der Waals surface area (Å²) >= 11 is 1.76. The van der Waals surface area contributed by atoms with E-state index in [1.165, 1.54) is 16.9 Å². The zero-order chi connectivity index (χ0) is 16.0. The smallest absolute Gasteiger partial charge is 0.307 e. The summed E-state index contributed by atoms with van der Waals surface area (Å²) in [4.78, 5) is 22.6. The zero-order valence-corrected chi connectivity index (χ0v) is 13.6. The van der Waals surface area contributed by atoms with Crippen molar-refractivity contribution in [2.45, 2.75) is 32.6 Å². The molecular weight excluding hydrogens is 308 g/mol. The first-order valence-electron chi connectivity index (χ1n) is 7.71. The molecule has 0 spiro atoms. The van der Waals surface area contributed by atoms with Gasteiger partial charge in [-0.2, -0.15) is 0 Å². The van der Waals surface area contributed by atoms with Crippen LogP contribution in [-0.4, -0.2) is 21.0 Å². The third kappa shape index (κ3) is 2.32. The molecular formula is C18H16N2O2S. The fourth-order valence-corrected chi connectivity index (χ4v) is 4.80. The van der Waals surface area contributed by atoms with Crippen molar-refractivity contribution in [1.82, 2.24) is 9.97 Å². The van der Waals surface area contributed by atoms with E-state index in [1.807, 2.05) is 19.1 Å². The number of aliphatic carboxylic acids is 1. The molecule has 0 bridgehead atoms. The molecule has 5 heteroatoms. The van der Waals surface area contributed by atoms with Crippen LogP contribution in [-0.2, 0) is 24.1 Å². The number of carboxylic acid groups (broad SMARTS) is 1. The van der Waals surface area contributed by atoms with Gasteiger partial charge < -0.3 is 5.11 Å². The lowest BCUT2D eigenvalue weighted by Gasteiger charge is -2.14. The van der Waals surface area contributed by atoms with Crippen molar-refractivity contribution in [2.75, 3.05) is 0 Å². The minimum atomic E-state index is -0.823.